The highest BCUT2D eigenvalue weighted by atomic mass is 79.9. The van der Waals surface area contributed by atoms with Gasteiger partial charge in [-0.25, -0.2) is 9.97 Å². The zero-order valence-corrected chi connectivity index (χ0v) is 12.7. The molecule has 2 heterocycles. The molecule has 6 heteroatoms. The summed E-state index contributed by atoms with van der Waals surface area (Å²) < 4.78 is 1.15. The Balaban J connectivity index is 2.08. The van der Waals surface area contributed by atoms with Gasteiger partial charge in [-0.1, -0.05) is 6.92 Å². The van der Waals surface area contributed by atoms with Gasteiger partial charge in [0.05, 0.1) is 10.3 Å². The Kier molecular flexibility index (Phi) is 4.54. The number of nitrogens with one attached hydrogen (secondary N) is 2. The molecule has 0 aliphatic rings. The van der Waals surface area contributed by atoms with Gasteiger partial charge in [0.15, 0.2) is 0 Å². The molecule has 96 valence electrons. The molecule has 0 amide bonds. The highest BCUT2D eigenvalue weighted by Gasteiger charge is 2.03. The minimum atomic E-state index is 0.777. The molecule has 0 aliphatic carbocycles. The van der Waals surface area contributed by atoms with Gasteiger partial charge in [0.25, 0.3) is 0 Å². The first kappa shape index (κ1) is 13.3. The number of hydrogen-bond donors (Lipinski definition) is 2. The third kappa shape index (κ3) is 3.43. The second kappa shape index (κ2) is 6.15. The molecular weight excluding hydrogens is 312 g/mol. The van der Waals surface area contributed by atoms with E-state index in [0.29, 0.717) is 0 Å². The van der Waals surface area contributed by atoms with E-state index < -0.39 is 0 Å². The van der Waals surface area contributed by atoms with Gasteiger partial charge in [0.1, 0.15) is 17.5 Å². The molecule has 0 aromatic carbocycles. The van der Waals surface area contributed by atoms with Gasteiger partial charge in [0.2, 0.25) is 0 Å². The van der Waals surface area contributed by atoms with Crippen LogP contribution in [0.15, 0.2) is 22.0 Å². The third-order valence-corrected chi connectivity index (χ3v) is 4.04. The molecule has 2 N–H and O–H groups in total. The lowest BCUT2D eigenvalue weighted by molar-refractivity contribution is 0.936. The number of hydrogen-bond acceptors (Lipinski definition) is 5. The smallest absolute Gasteiger partial charge is 0.132 e. The molecule has 0 bridgehead atoms. The van der Waals surface area contributed by atoms with E-state index in [1.54, 1.807) is 11.3 Å². The van der Waals surface area contributed by atoms with E-state index in [-0.39, 0.29) is 0 Å². The van der Waals surface area contributed by atoms with Crippen LogP contribution < -0.4 is 10.6 Å². The zero-order valence-electron chi connectivity index (χ0n) is 10.3. The van der Waals surface area contributed by atoms with Gasteiger partial charge in [-0.15, -0.1) is 11.3 Å². The van der Waals surface area contributed by atoms with Crippen molar-refractivity contribution in [3.63, 3.8) is 0 Å². The van der Waals surface area contributed by atoms with Crippen molar-refractivity contribution in [2.24, 2.45) is 0 Å². The summed E-state index contributed by atoms with van der Waals surface area (Å²) in [4.78, 5) is 10.1. The molecule has 0 unspecified atom stereocenters. The van der Waals surface area contributed by atoms with Crippen molar-refractivity contribution in [1.29, 1.82) is 0 Å². The highest BCUT2D eigenvalue weighted by molar-refractivity contribution is 9.11. The first-order chi connectivity index (χ1) is 8.71. The molecule has 2 aromatic heterocycles. The minimum absolute atomic E-state index is 0.777. The molecule has 0 saturated carbocycles. The van der Waals surface area contributed by atoms with Gasteiger partial charge >= 0.3 is 0 Å². The van der Waals surface area contributed by atoms with E-state index in [9.17, 15) is 0 Å². The van der Waals surface area contributed by atoms with Crippen LogP contribution in [0, 0.1) is 0 Å². The van der Waals surface area contributed by atoms with E-state index in [2.05, 4.69) is 55.6 Å². The number of anilines is 2. The van der Waals surface area contributed by atoms with Gasteiger partial charge in [-0.05, 0) is 28.1 Å². The van der Waals surface area contributed by atoms with Crippen LogP contribution in [0.2, 0.25) is 0 Å². The molecule has 0 aliphatic heterocycles. The second-order valence-corrected chi connectivity index (χ2v) is 6.27. The minimum Gasteiger partial charge on any atom is -0.373 e. The molecular formula is C12H15BrN4S. The van der Waals surface area contributed by atoms with Crippen molar-refractivity contribution in [1.82, 2.24) is 9.97 Å². The van der Waals surface area contributed by atoms with E-state index in [1.807, 2.05) is 13.1 Å². The number of rotatable bonds is 5. The fraction of sp³-hybridized carbons (Fsp3) is 0.333. The Morgan fingerprint density at radius 2 is 2.06 bits per heavy atom. The quantitative estimate of drug-likeness (QED) is 0.882. The van der Waals surface area contributed by atoms with Crippen molar-refractivity contribution in [3.8, 4) is 0 Å². The Labute approximate surface area is 119 Å². The van der Waals surface area contributed by atoms with E-state index >= 15 is 0 Å². The molecule has 0 spiro atoms. The van der Waals surface area contributed by atoms with Crippen LogP contribution in [-0.4, -0.2) is 17.0 Å². The van der Waals surface area contributed by atoms with Crippen LogP contribution in [0.5, 0.6) is 0 Å². The van der Waals surface area contributed by atoms with Gasteiger partial charge in [-0.2, -0.15) is 0 Å². The van der Waals surface area contributed by atoms with Crippen LogP contribution in [0.1, 0.15) is 17.6 Å². The highest BCUT2D eigenvalue weighted by Crippen LogP contribution is 2.23. The van der Waals surface area contributed by atoms with Crippen LogP contribution in [0.25, 0.3) is 0 Å². The summed E-state index contributed by atoms with van der Waals surface area (Å²) in [6.45, 7) is 2.83. The van der Waals surface area contributed by atoms with Crippen molar-refractivity contribution < 1.29 is 0 Å². The first-order valence-corrected chi connectivity index (χ1v) is 7.36. The molecule has 0 saturated heterocycles. The molecule has 2 rings (SSSR count). The predicted molar refractivity (Wildman–Crippen MR) is 80.3 cm³/mol. The molecule has 2 aromatic rings. The predicted octanol–water partition coefficient (Wildman–Crippen LogP) is 3.52. The lowest BCUT2D eigenvalue weighted by atomic mass is 10.4. The largest absolute Gasteiger partial charge is 0.373 e. The number of aromatic nitrogens is 2. The van der Waals surface area contributed by atoms with E-state index in [0.717, 1.165) is 34.2 Å². The van der Waals surface area contributed by atoms with E-state index in [4.69, 9.17) is 0 Å². The van der Waals surface area contributed by atoms with Crippen molar-refractivity contribution in [2.75, 3.05) is 17.7 Å². The average molecular weight is 327 g/mol. The number of nitrogens with zero attached hydrogens (tertiary/aromatic N) is 2. The summed E-state index contributed by atoms with van der Waals surface area (Å²) in [6.07, 6.45) is 0.828. The van der Waals surface area contributed by atoms with Crippen LogP contribution in [0.3, 0.4) is 0 Å². The van der Waals surface area contributed by atoms with Gasteiger partial charge in [0, 0.05) is 24.4 Å². The Morgan fingerprint density at radius 3 is 2.67 bits per heavy atom. The number of thiophene rings is 1. The lowest BCUT2D eigenvalue weighted by Gasteiger charge is -2.08. The average Bonchev–Trinajstić information content (AvgIpc) is 2.81. The Morgan fingerprint density at radius 1 is 1.28 bits per heavy atom. The van der Waals surface area contributed by atoms with Crippen molar-refractivity contribution >= 4 is 38.9 Å². The van der Waals surface area contributed by atoms with Gasteiger partial charge < -0.3 is 10.6 Å². The summed E-state index contributed by atoms with van der Waals surface area (Å²) in [6, 6.07) is 6.07. The second-order valence-electron chi connectivity index (χ2n) is 3.72. The van der Waals surface area contributed by atoms with E-state index in [1.165, 1.54) is 4.88 Å². The summed E-state index contributed by atoms with van der Waals surface area (Å²) in [5.74, 6) is 2.55. The molecule has 0 fully saturated rings. The molecule has 18 heavy (non-hydrogen) atoms. The number of halogens is 1. The maximum Gasteiger partial charge on any atom is 0.132 e. The summed E-state index contributed by atoms with van der Waals surface area (Å²) in [5, 5.41) is 6.37. The van der Waals surface area contributed by atoms with Crippen LogP contribution in [0.4, 0.5) is 11.6 Å². The zero-order chi connectivity index (χ0) is 13.0. The molecule has 0 radical (unpaired) electrons. The van der Waals surface area contributed by atoms with Gasteiger partial charge in [-0.3, -0.25) is 0 Å². The fourth-order valence-electron chi connectivity index (χ4n) is 1.50. The SMILES string of the molecule is CCc1nc(NC)cc(NCc2ccc(Br)s2)n1. The van der Waals surface area contributed by atoms with Crippen LogP contribution in [-0.2, 0) is 13.0 Å². The maximum atomic E-state index is 4.45. The molecule has 4 nitrogen and oxygen atoms in total. The third-order valence-electron chi connectivity index (χ3n) is 2.42. The lowest BCUT2D eigenvalue weighted by Crippen LogP contribution is -2.05. The monoisotopic (exact) mass is 326 g/mol. The maximum absolute atomic E-state index is 4.45. The fourth-order valence-corrected chi connectivity index (χ4v) is 2.92. The Bertz CT molecular complexity index is 504. The Hall–Kier alpha value is -1.14. The van der Waals surface area contributed by atoms with Crippen molar-refractivity contribution in [3.05, 3.63) is 32.7 Å². The summed E-state index contributed by atoms with van der Waals surface area (Å²) in [5.41, 5.74) is 0. The number of aryl methyl sites for hydroxylation is 1. The normalized spacial score (nSPS) is 10.4. The molecule has 0 atom stereocenters. The summed E-state index contributed by atoms with van der Waals surface area (Å²) >= 11 is 5.18. The first-order valence-electron chi connectivity index (χ1n) is 5.75. The summed E-state index contributed by atoms with van der Waals surface area (Å²) in [7, 11) is 1.86. The standard InChI is InChI=1S/C12H15BrN4S/c1-3-10-16-11(14-2)6-12(17-10)15-7-8-4-5-9(13)18-8/h4-6H,3,7H2,1-2H3,(H2,14,15,16,17). The van der Waals surface area contributed by atoms with Crippen LogP contribution >= 0.6 is 27.3 Å². The van der Waals surface area contributed by atoms with Crippen molar-refractivity contribution in [2.45, 2.75) is 19.9 Å². The topological polar surface area (TPSA) is 49.8 Å².